The van der Waals surface area contributed by atoms with Crippen molar-refractivity contribution < 1.29 is 4.39 Å². The van der Waals surface area contributed by atoms with E-state index in [0.29, 0.717) is 16.5 Å². The predicted octanol–water partition coefficient (Wildman–Crippen LogP) is 3.66. The molecule has 1 aromatic carbocycles. The summed E-state index contributed by atoms with van der Waals surface area (Å²) in [6, 6.07) is 5.13. The number of hydrogen-bond donors (Lipinski definition) is 1. The van der Waals surface area contributed by atoms with E-state index in [2.05, 4.69) is 36.1 Å². The summed E-state index contributed by atoms with van der Waals surface area (Å²) < 4.78 is 14.1. The minimum absolute atomic E-state index is 0.0131. The molecule has 0 saturated heterocycles. The quantitative estimate of drug-likeness (QED) is 0.933. The van der Waals surface area contributed by atoms with Crippen LogP contribution >= 0.6 is 11.8 Å². The highest BCUT2D eigenvalue weighted by Crippen LogP contribution is 2.31. The Morgan fingerprint density at radius 3 is 2.70 bits per heavy atom. The SMILES string of the molecule is CC(C)(C)NCc1cccc(F)c1Sc1cnccn1. The molecule has 0 bridgehead atoms. The second kappa shape index (κ2) is 6.33. The van der Waals surface area contributed by atoms with Crippen LogP contribution < -0.4 is 5.32 Å². The Morgan fingerprint density at radius 2 is 2.05 bits per heavy atom. The third-order valence-corrected chi connectivity index (χ3v) is 3.69. The van der Waals surface area contributed by atoms with Crippen molar-refractivity contribution in [2.45, 2.75) is 42.8 Å². The van der Waals surface area contributed by atoms with E-state index in [1.807, 2.05) is 6.07 Å². The van der Waals surface area contributed by atoms with E-state index in [0.717, 1.165) is 5.56 Å². The number of nitrogens with zero attached hydrogens (tertiary/aromatic N) is 2. The summed E-state index contributed by atoms with van der Waals surface area (Å²) in [7, 11) is 0. The maximum Gasteiger partial charge on any atom is 0.137 e. The third kappa shape index (κ3) is 4.28. The Morgan fingerprint density at radius 1 is 1.25 bits per heavy atom. The molecular formula is C15H18FN3S. The van der Waals surface area contributed by atoms with E-state index in [1.54, 1.807) is 24.7 Å². The molecule has 0 radical (unpaired) electrons. The second-order valence-electron chi connectivity index (χ2n) is 5.48. The highest BCUT2D eigenvalue weighted by Gasteiger charge is 2.14. The van der Waals surface area contributed by atoms with Crippen LogP contribution in [0.2, 0.25) is 0 Å². The first-order valence-corrected chi connectivity index (χ1v) is 7.24. The van der Waals surface area contributed by atoms with E-state index in [1.165, 1.54) is 17.8 Å². The molecule has 5 heteroatoms. The fourth-order valence-corrected chi connectivity index (χ4v) is 2.48. The molecule has 0 fully saturated rings. The summed E-state index contributed by atoms with van der Waals surface area (Å²) in [5, 5.41) is 4.06. The molecule has 0 aliphatic heterocycles. The molecule has 0 saturated carbocycles. The van der Waals surface area contributed by atoms with Crippen LogP contribution in [0.1, 0.15) is 26.3 Å². The molecule has 106 valence electrons. The largest absolute Gasteiger partial charge is 0.308 e. The summed E-state index contributed by atoms with van der Waals surface area (Å²) in [5.74, 6) is -0.228. The van der Waals surface area contributed by atoms with Crippen LogP contribution in [-0.2, 0) is 6.54 Å². The van der Waals surface area contributed by atoms with Gasteiger partial charge in [-0.3, -0.25) is 4.98 Å². The van der Waals surface area contributed by atoms with E-state index in [4.69, 9.17) is 0 Å². The van der Waals surface area contributed by atoms with Gasteiger partial charge in [0.15, 0.2) is 0 Å². The van der Waals surface area contributed by atoms with Gasteiger partial charge in [0.1, 0.15) is 10.8 Å². The molecule has 0 spiro atoms. The van der Waals surface area contributed by atoms with Gasteiger partial charge in [-0.25, -0.2) is 9.37 Å². The van der Waals surface area contributed by atoms with E-state index >= 15 is 0 Å². The Balaban J connectivity index is 2.22. The van der Waals surface area contributed by atoms with Gasteiger partial charge in [0.2, 0.25) is 0 Å². The van der Waals surface area contributed by atoms with Crippen molar-refractivity contribution in [3.05, 3.63) is 48.2 Å². The number of nitrogens with one attached hydrogen (secondary N) is 1. The van der Waals surface area contributed by atoms with Crippen molar-refractivity contribution in [2.75, 3.05) is 0 Å². The Bertz CT molecular complexity index is 567. The summed E-state index contributed by atoms with van der Waals surface area (Å²) in [5.41, 5.74) is 0.913. The smallest absolute Gasteiger partial charge is 0.137 e. The Kier molecular flexibility index (Phi) is 4.73. The van der Waals surface area contributed by atoms with Gasteiger partial charge >= 0.3 is 0 Å². The monoisotopic (exact) mass is 291 g/mol. The molecule has 3 nitrogen and oxygen atoms in total. The molecule has 1 heterocycles. The van der Waals surface area contributed by atoms with Gasteiger partial charge in [0.25, 0.3) is 0 Å². The van der Waals surface area contributed by atoms with Crippen LogP contribution in [-0.4, -0.2) is 15.5 Å². The van der Waals surface area contributed by atoms with Crippen molar-refractivity contribution in [1.29, 1.82) is 0 Å². The fraction of sp³-hybridized carbons (Fsp3) is 0.333. The maximum atomic E-state index is 14.1. The van der Waals surface area contributed by atoms with Gasteiger partial charge in [-0.15, -0.1) is 0 Å². The first kappa shape index (κ1) is 14.9. The number of benzene rings is 1. The topological polar surface area (TPSA) is 37.8 Å². The summed E-state index contributed by atoms with van der Waals surface area (Å²) in [6.07, 6.45) is 4.85. The van der Waals surface area contributed by atoms with Crippen molar-refractivity contribution in [3.63, 3.8) is 0 Å². The van der Waals surface area contributed by atoms with Crippen molar-refractivity contribution in [3.8, 4) is 0 Å². The fourth-order valence-electron chi connectivity index (χ4n) is 1.61. The molecule has 1 N–H and O–H groups in total. The van der Waals surface area contributed by atoms with E-state index in [-0.39, 0.29) is 11.4 Å². The molecule has 1 aromatic heterocycles. The zero-order valence-corrected chi connectivity index (χ0v) is 12.7. The summed E-state index contributed by atoms with van der Waals surface area (Å²) >= 11 is 1.30. The highest BCUT2D eigenvalue weighted by molar-refractivity contribution is 7.99. The van der Waals surface area contributed by atoms with Gasteiger partial charge < -0.3 is 5.32 Å². The maximum absolute atomic E-state index is 14.1. The molecule has 20 heavy (non-hydrogen) atoms. The summed E-state index contributed by atoms with van der Waals surface area (Å²) in [6.45, 7) is 6.87. The van der Waals surface area contributed by atoms with Crippen molar-refractivity contribution in [1.82, 2.24) is 15.3 Å². The lowest BCUT2D eigenvalue weighted by molar-refractivity contribution is 0.421. The molecule has 0 aliphatic carbocycles. The number of halogens is 1. The number of aromatic nitrogens is 2. The van der Waals surface area contributed by atoms with Gasteiger partial charge in [-0.1, -0.05) is 23.9 Å². The van der Waals surface area contributed by atoms with Crippen molar-refractivity contribution in [2.24, 2.45) is 0 Å². The van der Waals surface area contributed by atoms with Crippen LogP contribution in [0.3, 0.4) is 0 Å². The number of rotatable bonds is 4. The molecule has 2 rings (SSSR count). The minimum Gasteiger partial charge on any atom is -0.308 e. The zero-order valence-electron chi connectivity index (χ0n) is 11.9. The van der Waals surface area contributed by atoms with Gasteiger partial charge in [-0.05, 0) is 32.4 Å². The third-order valence-electron chi connectivity index (χ3n) is 2.60. The standard InChI is InChI=1S/C15H18FN3S/c1-15(2,3)19-9-11-5-4-6-12(16)14(11)20-13-10-17-7-8-18-13/h4-8,10,19H,9H2,1-3H3. The first-order chi connectivity index (χ1) is 9.46. The van der Waals surface area contributed by atoms with Crippen LogP contribution in [0.4, 0.5) is 4.39 Å². The average Bonchev–Trinajstić information content (AvgIpc) is 2.40. The molecule has 0 unspecified atom stereocenters. The number of hydrogen-bond acceptors (Lipinski definition) is 4. The minimum atomic E-state index is -0.228. The molecule has 2 aromatic rings. The van der Waals surface area contributed by atoms with Crippen LogP contribution in [0.5, 0.6) is 0 Å². The van der Waals surface area contributed by atoms with Gasteiger partial charge in [-0.2, -0.15) is 0 Å². The molecular weight excluding hydrogens is 273 g/mol. The lowest BCUT2D eigenvalue weighted by atomic mass is 10.1. The zero-order chi connectivity index (χ0) is 14.6. The van der Waals surface area contributed by atoms with Gasteiger partial charge in [0.05, 0.1) is 11.1 Å². The normalized spacial score (nSPS) is 11.6. The van der Waals surface area contributed by atoms with Crippen LogP contribution in [0.25, 0.3) is 0 Å². The molecule has 0 aliphatic rings. The van der Waals surface area contributed by atoms with E-state index < -0.39 is 0 Å². The molecule has 0 amide bonds. The second-order valence-corrected chi connectivity index (χ2v) is 6.51. The first-order valence-electron chi connectivity index (χ1n) is 6.42. The summed E-state index contributed by atoms with van der Waals surface area (Å²) in [4.78, 5) is 8.78. The Labute approximate surface area is 123 Å². The lowest BCUT2D eigenvalue weighted by Gasteiger charge is -2.21. The lowest BCUT2D eigenvalue weighted by Crippen LogP contribution is -2.35. The average molecular weight is 291 g/mol. The van der Waals surface area contributed by atoms with Crippen molar-refractivity contribution >= 4 is 11.8 Å². The predicted molar refractivity (Wildman–Crippen MR) is 79.1 cm³/mol. The molecule has 0 atom stereocenters. The van der Waals surface area contributed by atoms with E-state index in [9.17, 15) is 4.39 Å². The Hall–Kier alpha value is -1.46. The highest BCUT2D eigenvalue weighted by atomic mass is 32.2. The van der Waals surface area contributed by atoms with Gasteiger partial charge in [0, 0.05) is 24.5 Å². The van der Waals surface area contributed by atoms with Crippen LogP contribution in [0.15, 0.2) is 46.7 Å². The van der Waals surface area contributed by atoms with Crippen LogP contribution in [0, 0.1) is 5.82 Å².